The molecule has 11 nitrogen and oxygen atoms in total. The third-order valence-corrected chi connectivity index (χ3v) is 7.95. The van der Waals surface area contributed by atoms with Crippen molar-refractivity contribution in [3.05, 3.63) is 83.4 Å². The molecule has 0 N–H and O–H groups in total. The molecule has 3 aromatic rings. The highest BCUT2D eigenvalue weighted by molar-refractivity contribution is 7.88. The Balaban J connectivity index is 1.36. The Labute approximate surface area is 248 Å². The fourth-order valence-corrected chi connectivity index (χ4v) is 5.35. The molecule has 2 heterocycles. The summed E-state index contributed by atoms with van der Waals surface area (Å²) in [6.45, 7) is 0. The van der Waals surface area contributed by atoms with Crippen molar-refractivity contribution >= 4 is 45.2 Å². The van der Waals surface area contributed by atoms with Crippen LogP contribution < -0.4 is 13.8 Å². The number of fused-ring (bicyclic) bond motifs is 2. The van der Waals surface area contributed by atoms with Gasteiger partial charge in [0.05, 0.1) is 6.42 Å². The van der Waals surface area contributed by atoms with Crippen molar-refractivity contribution in [3.8, 4) is 11.5 Å². The molecule has 0 saturated carbocycles. The highest BCUT2D eigenvalue weighted by Crippen LogP contribution is 2.49. The molecule has 3 aromatic carbocycles. The van der Waals surface area contributed by atoms with Gasteiger partial charge < -0.3 is 18.7 Å². The van der Waals surface area contributed by atoms with Gasteiger partial charge in [0, 0.05) is 36.8 Å². The molecule has 1 unspecified atom stereocenters. The maximum absolute atomic E-state index is 13.6. The van der Waals surface area contributed by atoms with E-state index in [1.54, 1.807) is 48.3 Å². The van der Waals surface area contributed by atoms with Crippen LogP contribution in [0.5, 0.6) is 11.5 Å². The topological polar surface area (TPSA) is 137 Å². The Bertz CT molecular complexity index is 1740. The van der Waals surface area contributed by atoms with Gasteiger partial charge in [0.15, 0.2) is 0 Å². The minimum atomic E-state index is -6.06. The lowest BCUT2D eigenvalue weighted by Gasteiger charge is -2.35. The van der Waals surface area contributed by atoms with Crippen molar-refractivity contribution < 1.29 is 54.5 Å². The number of para-hydroxylation sites is 1. The van der Waals surface area contributed by atoms with E-state index in [0.717, 1.165) is 6.07 Å². The fourth-order valence-electron chi connectivity index (χ4n) is 4.87. The molecule has 15 heteroatoms. The number of halogens is 3. The first-order chi connectivity index (χ1) is 20.8. The maximum atomic E-state index is 13.6. The van der Waals surface area contributed by atoms with E-state index in [0.29, 0.717) is 21.9 Å². The van der Waals surface area contributed by atoms with Gasteiger partial charge in [-0.05, 0) is 47.9 Å². The van der Waals surface area contributed by atoms with Crippen molar-refractivity contribution in [2.24, 2.45) is 0 Å². The standard InChI is InChI=1S/C29H23F3N2O9S/c1-33-20-6-3-2-5-19(20)26(27-21(33)7-4-8-22(27)43-44(39,40)29(30,31)32)28(38)41-18-12-9-17(10-13-18)11-16-25(37)42-34-23(35)14-15-24(34)36/h2-10,12-13,26H,11,14-16H2,1H3. The van der Waals surface area contributed by atoms with Crippen LogP contribution in [-0.4, -0.2) is 49.8 Å². The number of hydroxylamine groups is 2. The molecule has 5 rings (SSSR count). The maximum Gasteiger partial charge on any atom is 0.534 e. The number of imide groups is 1. The second kappa shape index (κ2) is 11.6. The number of ether oxygens (including phenoxy) is 1. The Morgan fingerprint density at radius 1 is 0.909 bits per heavy atom. The number of hydrogen-bond donors (Lipinski definition) is 0. The quantitative estimate of drug-likeness (QED) is 0.116. The molecule has 1 saturated heterocycles. The van der Waals surface area contributed by atoms with E-state index < -0.39 is 51.0 Å². The zero-order valence-corrected chi connectivity index (χ0v) is 23.7. The molecule has 0 aromatic heterocycles. The summed E-state index contributed by atoms with van der Waals surface area (Å²) in [5.41, 5.74) is -4.08. The van der Waals surface area contributed by atoms with E-state index in [4.69, 9.17) is 9.57 Å². The zero-order valence-electron chi connectivity index (χ0n) is 22.9. The van der Waals surface area contributed by atoms with Crippen LogP contribution in [0.25, 0.3) is 0 Å². The van der Waals surface area contributed by atoms with E-state index in [-0.39, 0.29) is 42.7 Å². The lowest BCUT2D eigenvalue weighted by Crippen LogP contribution is -2.32. The van der Waals surface area contributed by atoms with Crippen LogP contribution in [0.4, 0.5) is 24.5 Å². The van der Waals surface area contributed by atoms with Crippen LogP contribution in [0, 0.1) is 0 Å². The largest absolute Gasteiger partial charge is 0.534 e. The van der Waals surface area contributed by atoms with Crippen LogP contribution in [0.2, 0.25) is 0 Å². The third kappa shape index (κ3) is 5.95. The van der Waals surface area contributed by atoms with Gasteiger partial charge in [-0.2, -0.15) is 21.6 Å². The summed E-state index contributed by atoms with van der Waals surface area (Å²) < 4.78 is 73.5. The molecule has 0 aliphatic carbocycles. The number of anilines is 2. The van der Waals surface area contributed by atoms with Crippen LogP contribution in [0.3, 0.4) is 0 Å². The summed E-state index contributed by atoms with van der Waals surface area (Å²) in [6, 6.07) is 16.4. The summed E-state index contributed by atoms with van der Waals surface area (Å²) in [5.74, 6) is -4.85. The number of carbonyl (C=O) groups excluding carboxylic acids is 4. The number of hydrogen-bond acceptors (Lipinski definition) is 10. The molecule has 0 spiro atoms. The van der Waals surface area contributed by atoms with E-state index >= 15 is 0 Å². The predicted octanol–water partition coefficient (Wildman–Crippen LogP) is 4.27. The van der Waals surface area contributed by atoms with Crippen molar-refractivity contribution in [2.45, 2.75) is 37.1 Å². The van der Waals surface area contributed by atoms with Crippen LogP contribution >= 0.6 is 0 Å². The van der Waals surface area contributed by atoms with Gasteiger partial charge in [0.1, 0.15) is 17.4 Å². The Morgan fingerprint density at radius 2 is 1.55 bits per heavy atom. The normalized spacial score (nSPS) is 16.3. The molecule has 44 heavy (non-hydrogen) atoms. The van der Waals surface area contributed by atoms with Gasteiger partial charge in [-0.25, -0.2) is 4.79 Å². The molecule has 0 radical (unpaired) electrons. The molecular formula is C29H23F3N2O9S. The van der Waals surface area contributed by atoms with Crippen LogP contribution in [0.15, 0.2) is 66.7 Å². The lowest BCUT2D eigenvalue weighted by molar-refractivity contribution is -0.197. The molecule has 1 fully saturated rings. The van der Waals surface area contributed by atoms with Gasteiger partial charge in [-0.1, -0.05) is 36.4 Å². The van der Waals surface area contributed by atoms with Gasteiger partial charge in [-0.3, -0.25) is 14.4 Å². The van der Waals surface area contributed by atoms with Crippen molar-refractivity contribution in [1.82, 2.24) is 5.06 Å². The molecule has 1 atom stereocenters. The van der Waals surface area contributed by atoms with E-state index in [1.165, 1.54) is 24.3 Å². The minimum Gasteiger partial charge on any atom is -0.426 e. The Kier molecular flexibility index (Phi) is 8.07. The lowest BCUT2D eigenvalue weighted by atomic mass is 9.84. The average Bonchev–Trinajstić information content (AvgIpc) is 3.28. The number of rotatable bonds is 8. The number of esters is 1. The summed E-state index contributed by atoms with van der Waals surface area (Å²) in [7, 11) is -4.45. The van der Waals surface area contributed by atoms with Gasteiger partial charge in [0.25, 0.3) is 11.8 Å². The summed E-state index contributed by atoms with van der Waals surface area (Å²) in [4.78, 5) is 55.4. The van der Waals surface area contributed by atoms with Gasteiger partial charge in [0.2, 0.25) is 0 Å². The molecule has 2 aliphatic rings. The number of benzene rings is 3. The molecular weight excluding hydrogens is 609 g/mol. The van der Waals surface area contributed by atoms with Crippen LogP contribution in [-0.2, 0) is 40.6 Å². The van der Waals surface area contributed by atoms with Crippen molar-refractivity contribution in [1.29, 1.82) is 0 Å². The Hall–Kier alpha value is -4.92. The molecule has 230 valence electrons. The number of amides is 2. The van der Waals surface area contributed by atoms with E-state index in [1.807, 2.05) is 0 Å². The first-order valence-corrected chi connectivity index (χ1v) is 14.5. The minimum absolute atomic E-state index is 0.0258. The number of nitrogens with zero attached hydrogens (tertiary/aromatic N) is 2. The second-order valence-electron chi connectivity index (χ2n) is 9.83. The SMILES string of the molecule is CN1c2ccccc2C(C(=O)Oc2ccc(CCC(=O)ON3C(=O)CCC3=O)cc2)c2c(OS(=O)(=O)C(F)(F)F)cccc21. The van der Waals surface area contributed by atoms with Crippen molar-refractivity contribution in [2.75, 3.05) is 11.9 Å². The fraction of sp³-hybridized carbons (Fsp3) is 0.241. The zero-order chi connectivity index (χ0) is 31.8. The second-order valence-corrected chi connectivity index (χ2v) is 11.4. The predicted molar refractivity (Wildman–Crippen MR) is 146 cm³/mol. The number of alkyl halides is 3. The van der Waals surface area contributed by atoms with E-state index in [9.17, 15) is 40.8 Å². The molecule has 0 bridgehead atoms. The highest BCUT2D eigenvalue weighted by atomic mass is 32.2. The summed E-state index contributed by atoms with van der Waals surface area (Å²) >= 11 is 0. The molecule has 2 aliphatic heterocycles. The van der Waals surface area contributed by atoms with E-state index in [2.05, 4.69) is 4.18 Å². The monoisotopic (exact) mass is 632 g/mol. The van der Waals surface area contributed by atoms with Gasteiger partial charge >= 0.3 is 27.6 Å². The smallest absolute Gasteiger partial charge is 0.426 e. The van der Waals surface area contributed by atoms with Crippen LogP contribution in [0.1, 0.15) is 41.9 Å². The summed E-state index contributed by atoms with van der Waals surface area (Å²) in [6.07, 6.45) is -0.0274. The first-order valence-electron chi connectivity index (χ1n) is 13.1. The third-order valence-electron chi connectivity index (χ3n) is 6.98. The Morgan fingerprint density at radius 3 is 2.20 bits per heavy atom. The molecule has 2 amide bonds. The first kappa shape index (κ1) is 30.5. The number of carbonyl (C=O) groups is 4. The van der Waals surface area contributed by atoms with Gasteiger partial charge in [-0.15, -0.1) is 5.06 Å². The van der Waals surface area contributed by atoms with Crippen molar-refractivity contribution in [3.63, 3.8) is 0 Å². The average molecular weight is 633 g/mol. The summed E-state index contributed by atoms with van der Waals surface area (Å²) in [5, 5.41) is 0.458. The number of aryl methyl sites for hydroxylation is 1. The highest BCUT2D eigenvalue weighted by Gasteiger charge is 2.49.